The van der Waals surface area contributed by atoms with Crippen LogP contribution >= 0.6 is 0 Å². The van der Waals surface area contributed by atoms with Gasteiger partial charge in [0.25, 0.3) is 5.91 Å². The number of hydrogen-bond acceptors (Lipinski definition) is 3. The van der Waals surface area contributed by atoms with Crippen molar-refractivity contribution >= 4 is 23.5 Å². The molecule has 128 valence electrons. The van der Waals surface area contributed by atoms with E-state index in [4.69, 9.17) is 0 Å². The van der Waals surface area contributed by atoms with Crippen molar-refractivity contribution in [2.75, 3.05) is 11.4 Å². The lowest BCUT2D eigenvalue weighted by atomic mass is 10.0. The maximum Gasteiger partial charge on any atom is 0.325 e. The summed E-state index contributed by atoms with van der Waals surface area (Å²) in [6.07, 6.45) is 1.37. The van der Waals surface area contributed by atoms with Gasteiger partial charge in [-0.15, -0.1) is 0 Å². The van der Waals surface area contributed by atoms with Gasteiger partial charge in [-0.05, 0) is 37.3 Å². The first-order valence-corrected chi connectivity index (χ1v) is 8.40. The molecule has 1 fully saturated rings. The second-order valence-electron chi connectivity index (χ2n) is 7.00. The molecule has 2 atom stereocenters. The maximum atomic E-state index is 12.7. The molecule has 0 aliphatic carbocycles. The number of amides is 4. The zero-order chi connectivity index (χ0) is 17.4. The number of hydrogen-bond donors (Lipinski definition) is 1. The molecule has 0 saturated carbocycles. The topological polar surface area (TPSA) is 69.7 Å². The molecule has 3 rings (SSSR count). The van der Waals surface area contributed by atoms with E-state index in [1.807, 2.05) is 45.0 Å². The van der Waals surface area contributed by atoms with Gasteiger partial charge in [-0.2, -0.15) is 0 Å². The van der Waals surface area contributed by atoms with Gasteiger partial charge in [-0.3, -0.25) is 14.5 Å². The first kappa shape index (κ1) is 16.5. The van der Waals surface area contributed by atoms with Gasteiger partial charge in [0, 0.05) is 11.7 Å². The molecule has 0 radical (unpaired) electrons. The van der Waals surface area contributed by atoms with Gasteiger partial charge in [0.2, 0.25) is 5.91 Å². The zero-order valence-corrected chi connectivity index (χ0v) is 14.3. The second-order valence-corrected chi connectivity index (χ2v) is 7.00. The number of para-hydroxylation sites is 1. The van der Waals surface area contributed by atoms with Crippen LogP contribution in [0.15, 0.2) is 24.3 Å². The summed E-state index contributed by atoms with van der Waals surface area (Å²) in [6.45, 7) is 5.76. The fourth-order valence-electron chi connectivity index (χ4n) is 3.51. The molecular formula is C18H23N3O3. The van der Waals surface area contributed by atoms with Crippen molar-refractivity contribution in [3.05, 3.63) is 29.8 Å². The van der Waals surface area contributed by atoms with Crippen molar-refractivity contribution in [1.29, 1.82) is 0 Å². The number of urea groups is 1. The number of fused-ring (bicyclic) bond motifs is 1. The quantitative estimate of drug-likeness (QED) is 0.858. The molecule has 0 bridgehead atoms. The van der Waals surface area contributed by atoms with Crippen molar-refractivity contribution in [3.8, 4) is 0 Å². The van der Waals surface area contributed by atoms with Crippen molar-refractivity contribution in [1.82, 2.24) is 10.2 Å². The van der Waals surface area contributed by atoms with E-state index in [1.54, 1.807) is 4.90 Å². The highest BCUT2D eigenvalue weighted by atomic mass is 16.2. The minimum absolute atomic E-state index is 0.0297. The van der Waals surface area contributed by atoms with Crippen LogP contribution < -0.4 is 10.2 Å². The molecule has 0 spiro atoms. The molecule has 6 heteroatoms. The molecule has 1 saturated heterocycles. The van der Waals surface area contributed by atoms with Gasteiger partial charge < -0.3 is 10.2 Å². The van der Waals surface area contributed by atoms with Gasteiger partial charge in [-0.1, -0.05) is 32.0 Å². The number of benzene rings is 1. The summed E-state index contributed by atoms with van der Waals surface area (Å²) < 4.78 is 0. The lowest BCUT2D eigenvalue weighted by molar-refractivity contribution is -0.131. The van der Waals surface area contributed by atoms with Crippen LogP contribution in [0.1, 0.15) is 32.8 Å². The molecule has 2 heterocycles. The molecule has 24 heavy (non-hydrogen) atoms. The maximum absolute atomic E-state index is 12.7. The van der Waals surface area contributed by atoms with Gasteiger partial charge in [0.1, 0.15) is 12.6 Å². The first-order chi connectivity index (χ1) is 11.4. The van der Waals surface area contributed by atoms with Crippen molar-refractivity contribution in [3.63, 3.8) is 0 Å². The van der Waals surface area contributed by atoms with Crippen molar-refractivity contribution in [2.45, 2.75) is 45.7 Å². The number of carbonyl (C=O) groups is 3. The SMILES string of the molecule is CC(C)C[C@H]1NC(=O)N(CC(=O)N2c3ccccc3C[C@@H]2C)C1=O. The van der Waals surface area contributed by atoms with Crippen molar-refractivity contribution < 1.29 is 14.4 Å². The summed E-state index contributed by atoms with van der Waals surface area (Å²) in [6, 6.07) is 6.79. The average Bonchev–Trinajstić information content (AvgIpc) is 2.97. The average molecular weight is 329 g/mol. The van der Waals surface area contributed by atoms with Crippen LogP contribution in [0.4, 0.5) is 10.5 Å². The number of imide groups is 1. The van der Waals surface area contributed by atoms with E-state index in [0.717, 1.165) is 22.6 Å². The predicted molar refractivity (Wildman–Crippen MR) is 90.6 cm³/mol. The van der Waals surface area contributed by atoms with E-state index in [1.165, 1.54) is 0 Å². The third-order valence-electron chi connectivity index (χ3n) is 4.58. The Hall–Kier alpha value is -2.37. The Morgan fingerprint density at radius 1 is 1.29 bits per heavy atom. The lowest BCUT2D eigenvalue weighted by Crippen LogP contribution is -2.45. The Kier molecular flexibility index (Phi) is 4.30. The normalized spacial score (nSPS) is 23.0. The minimum Gasteiger partial charge on any atom is -0.326 e. The van der Waals surface area contributed by atoms with Gasteiger partial charge in [-0.25, -0.2) is 4.79 Å². The van der Waals surface area contributed by atoms with Gasteiger partial charge >= 0.3 is 6.03 Å². The Labute approximate surface area is 141 Å². The van der Waals surface area contributed by atoms with Crippen LogP contribution in [0.2, 0.25) is 0 Å². The smallest absolute Gasteiger partial charge is 0.325 e. The largest absolute Gasteiger partial charge is 0.326 e. The lowest BCUT2D eigenvalue weighted by Gasteiger charge is -2.24. The molecule has 0 unspecified atom stereocenters. The predicted octanol–water partition coefficient (Wildman–Crippen LogP) is 1.93. The molecule has 2 aliphatic rings. The fraction of sp³-hybridized carbons (Fsp3) is 0.500. The van der Waals surface area contributed by atoms with Crippen LogP contribution in [-0.2, 0) is 16.0 Å². The van der Waals surface area contributed by atoms with E-state index in [2.05, 4.69) is 5.32 Å². The number of anilines is 1. The van der Waals surface area contributed by atoms with Crippen LogP contribution in [-0.4, -0.2) is 41.4 Å². The second kappa shape index (κ2) is 6.26. The Balaban J connectivity index is 1.73. The number of nitrogens with zero attached hydrogens (tertiary/aromatic N) is 2. The van der Waals surface area contributed by atoms with E-state index >= 15 is 0 Å². The fourth-order valence-corrected chi connectivity index (χ4v) is 3.51. The summed E-state index contributed by atoms with van der Waals surface area (Å²) in [5.74, 6) is -0.233. The van der Waals surface area contributed by atoms with Crippen LogP contribution in [0.3, 0.4) is 0 Å². The monoisotopic (exact) mass is 329 g/mol. The number of nitrogens with one attached hydrogen (secondary N) is 1. The van der Waals surface area contributed by atoms with Crippen LogP contribution in [0.25, 0.3) is 0 Å². The van der Waals surface area contributed by atoms with E-state index in [9.17, 15) is 14.4 Å². The minimum atomic E-state index is -0.520. The molecule has 4 amide bonds. The molecule has 6 nitrogen and oxygen atoms in total. The van der Waals surface area contributed by atoms with Crippen LogP contribution in [0, 0.1) is 5.92 Å². The summed E-state index contributed by atoms with van der Waals surface area (Å²) >= 11 is 0. The molecule has 0 aromatic heterocycles. The van der Waals surface area contributed by atoms with E-state index < -0.39 is 12.1 Å². The highest BCUT2D eigenvalue weighted by Gasteiger charge is 2.41. The summed E-state index contributed by atoms with van der Waals surface area (Å²) in [7, 11) is 0. The molecule has 1 N–H and O–H groups in total. The highest BCUT2D eigenvalue weighted by molar-refractivity contribution is 6.08. The first-order valence-electron chi connectivity index (χ1n) is 8.40. The van der Waals surface area contributed by atoms with Gasteiger partial charge in [0.05, 0.1) is 0 Å². The molecular weight excluding hydrogens is 306 g/mol. The number of rotatable bonds is 4. The summed E-state index contributed by atoms with van der Waals surface area (Å²) in [5.41, 5.74) is 1.99. The Morgan fingerprint density at radius 2 is 2.00 bits per heavy atom. The van der Waals surface area contributed by atoms with Gasteiger partial charge in [0.15, 0.2) is 0 Å². The van der Waals surface area contributed by atoms with Crippen molar-refractivity contribution in [2.24, 2.45) is 5.92 Å². The summed E-state index contributed by atoms with van der Waals surface area (Å²) in [4.78, 5) is 40.0. The van der Waals surface area contributed by atoms with E-state index in [-0.39, 0.29) is 24.4 Å². The highest BCUT2D eigenvalue weighted by Crippen LogP contribution is 2.32. The molecule has 1 aromatic rings. The standard InChI is InChI=1S/C18H23N3O3/c1-11(2)8-14-17(23)20(18(24)19-14)10-16(22)21-12(3)9-13-6-4-5-7-15(13)21/h4-7,11-12,14H,8-10H2,1-3H3,(H,19,24)/t12-,14+/m0/s1. The molecule has 2 aliphatic heterocycles. The third kappa shape index (κ3) is 2.88. The summed E-state index contributed by atoms with van der Waals surface area (Å²) in [5, 5.41) is 2.68. The number of carbonyl (C=O) groups excluding carboxylic acids is 3. The Bertz CT molecular complexity index is 686. The Morgan fingerprint density at radius 3 is 2.71 bits per heavy atom. The third-order valence-corrected chi connectivity index (χ3v) is 4.58. The molecule has 1 aromatic carbocycles. The van der Waals surface area contributed by atoms with E-state index in [0.29, 0.717) is 12.3 Å². The zero-order valence-electron chi connectivity index (χ0n) is 14.3. The van der Waals surface area contributed by atoms with Crippen LogP contribution in [0.5, 0.6) is 0 Å².